The van der Waals surface area contributed by atoms with Crippen LogP contribution in [0.3, 0.4) is 0 Å². The van der Waals surface area contributed by atoms with Crippen LogP contribution in [-0.2, 0) is 6.42 Å². The predicted molar refractivity (Wildman–Crippen MR) is 70.4 cm³/mol. The zero-order valence-corrected chi connectivity index (χ0v) is 11.2. The quantitative estimate of drug-likeness (QED) is 0.823. The highest BCUT2D eigenvalue weighted by atomic mass is 35.5. The molecule has 88 valence electrons. The van der Waals surface area contributed by atoms with Crippen LogP contribution in [0.5, 0.6) is 0 Å². The Kier molecular flexibility index (Phi) is 3.60. The minimum absolute atomic E-state index is 0.434. The summed E-state index contributed by atoms with van der Waals surface area (Å²) in [4.78, 5) is 8.54. The molecule has 1 fully saturated rings. The van der Waals surface area contributed by atoms with Crippen molar-refractivity contribution in [3.05, 3.63) is 17.0 Å². The van der Waals surface area contributed by atoms with Crippen molar-refractivity contribution in [1.29, 1.82) is 0 Å². The summed E-state index contributed by atoms with van der Waals surface area (Å²) in [5.41, 5.74) is 0. The number of hydrogen-bond donors (Lipinski definition) is 1. The average Bonchev–Trinajstić information content (AvgIpc) is 3.06. The van der Waals surface area contributed by atoms with E-state index < -0.39 is 0 Å². The van der Waals surface area contributed by atoms with Gasteiger partial charge in [-0.15, -0.1) is 0 Å². The van der Waals surface area contributed by atoms with Crippen molar-refractivity contribution in [2.75, 3.05) is 18.1 Å². The number of anilines is 1. The van der Waals surface area contributed by atoms with Crippen LogP contribution in [0, 0.1) is 0 Å². The predicted octanol–water partition coefficient (Wildman–Crippen LogP) is 3.00. The Labute approximate surface area is 105 Å². The van der Waals surface area contributed by atoms with Gasteiger partial charge >= 0.3 is 0 Å². The molecule has 1 aliphatic carbocycles. The molecule has 5 heteroatoms. The second-order valence-corrected chi connectivity index (χ2v) is 5.75. The number of nitrogens with one attached hydrogen (secondary N) is 1. The molecular formula is C11H16ClN3S. The zero-order valence-electron chi connectivity index (χ0n) is 9.59. The Morgan fingerprint density at radius 1 is 1.50 bits per heavy atom. The molecule has 0 aromatic carbocycles. The van der Waals surface area contributed by atoms with Gasteiger partial charge in [0.2, 0.25) is 0 Å². The zero-order chi connectivity index (χ0) is 11.6. The van der Waals surface area contributed by atoms with E-state index >= 15 is 0 Å². The minimum atomic E-state index is 0.434. The van der Waals surface area contributed by atoms with Crippen molar-refractivity contribution in [2.45, 2.75) is 30.9 Å². The Morgan fingerprint density at radius 2 is 2.25 bits per heavy atom. The van der Waals surface area contributed by atoms with Crippen molar-refractivity contribution in [2.24, 2.45) is 0 Å². The van der Waals surface area contributed by atoms with Crippen molar-refractivity contribution < 1.29 is 0 Å². The number of nitrogens with zero attached hydrogens (tertiary/aromatic N) is 2. The van der Waals surface area contributed by atoms with Gasteiger partial charge in [-0.3, -0.25) is 0 Å². The summed E-state index contributed by atoms with van der Waals surface area (Å²) >= 11 is 7.86. The van der Waals surface area contributed by atoms with Gasteiger partial charge in [0.25, 0.3) is 0 Å². The molecule has 16 heavy (non-hydrogen) atoms. The third-order valence-electron chi connectivity index (χ3n) is 2.89. The molecule has 1 N–H and O–H groups in total. The third kappa shape index (κ3) is 2.80. The molecule has 3 nitrogen and oxygen atoms in total. The van der Waals surface area contributed by atoms with Gasteiger partial charge in [0, 0.05) is 23.8 Å². The van der Waals surface area contributed by atoms with Crippen LogP contribution in [0.1, 0.15) is 25.6 Å². The number of hydrogen-bond acceptors (Lipinski definition) is 4. The smallest absolute Gasteiger partial charge is 0.134 e. The van der Waals surface area contributed by atoms with Crippen molar-refractivity contribution in [3.63, 3.8) is 0 Å². The summed E-state index contributed by atoms with van der Waals surface area (Å²) in [5, 5.41) is 3.87. The molecule has 0 amide bonds. The lowest BCUT2D eigenvalue weighted by molar-refractivity contribution is 0.906. The normalized spacial score (nSPS) is 17.2. The van der Waals surface area contributed by atoms with E-state index in [4.69, 9.17) is 11.6 Å². The van der Waals surface area contributed by atoms with Gasteiger partial charge in [0.15, 0.2) is 0 Å². The number of rotatable bonds is 5. The SMILES string of the molecule is CCc1nc(Cl)cc(NCC2(SC)CC2)n1. The van der Waals surface area contributed by atoms with Crippen LogP contribution in [-0.4, -0.2) is 27.5 Å². The van der Waals surface area contributed by atoms with E-state index in [2.05, 4.69) is 21.5 Å². The summed E-state index contributed by atoms with van der Waals surface area (Å²) in [6, 6.07) is 1.79. The van der Waals surface area contributed by atoms with E-state index in [0.717, 1.165) is 24.6 Å². The maximum atomic E-state index is 5.93. The molecule has 1 saturated carbocycles. The first kappa shape index (κ1) is 12.0. The van der Waals surface area contributed by atoms with E-state index in [0.29, 0.717) is 9.90 Å². The fourth-order valence-corrected chi connectivity index (χ4v) is 2.49. The van der Waals surface area contributed by atoms with E-state index in [-0.39, 0.29) is 0 Å². The molecule has 1 aliphatic rings. The van der Waals surface area contributed by atoms with Crippen LogP contribution in [0.25, 0.3) is 0 Å². The summed E-state index contributed by atoms with van der Waals surface area (Å²) in [6.45, 7) is 2.99. The van der Waals surface area contributed by atoms with Gasteiger partial charge < -0.3 is 5.32 Å². The van der Waals surface area contributed by atoms with E-state index in [9.17, 15) is 0 Å². The topological polar surface area (TPSA) is 37.8 Å². The Hall–Kier alpha value is -0.480. The highest BCUT2D eigenvalue weighted by Gasteiger charge is 2.41. The summed E-state index contributed by atoms with van der Waals surface area (Å²) in [5.74, 6) is 1.64. The second-order valence-electron chi connectivity index (χ2n) is 4.09. The largest absolute Gasteiger partial charge is 0.369 e. The molecule has 0 saturated heterocycles. The summed E-state index contributed by atoms with van der Waals surface area (Å²) < 4.78 is 0.434. The second kappa shape index (κ2) is 4.80. The van der Waals surface area contributed by atoms with Crippen LogP contribution in [0.4, 0.5) is 5.82 Å². The molecule has 1 heterocycles. The van der Waals surface area contributed by atoms with Crippen LogP contribution < -0.4 is 5.32 Å². The lowest BCUT2D eigenvalue weighted by atomic mass is 10.4. The maximum absolute atomic E-state index is 5.93. The molecule has 0 bridgehead atoms. The lowest BCUT2D eigenvalue weighted by Crippen LogP contribution is -2.18. The van der Waals surface area contributed by atoms with Gasteiger partial charge in [0.05, 0.1) is 0 Å². The molecule has 1 aromatic heterocycles. The number of thioether (sulfide) groups is 1. The first-order chi connectivity index (χ1) is 7.67. The fourth-order valence-electron chi connectivity index (χ4n) is 1.56. The van der Waals surface area contributed by atoms with Gasteiger partial charge in [-0.25, -0.2) is 9.97 Å². The van der Waals surface area contributed by atoms with E-state index in [1.54, 1.807) is 6.07 Å². The lowest BCUT2D eigenvalue weighted by Gasteiger charge is -2.13. The van der Waals surface area contributed by atoms with Gasteiger partial charge in [0.1, 0.15) is 16.8 Å². The standard InChI is InChI=1S/C11H16ClN3S/c1-3-9-14-8(12)6-10(15-9)13-7-11(16-2)4-5-11/h6H,3-5,7H2,1-2H3,(H,13,14,15). The highest BCUT2D eigenvalue weighted by molar-refractivity contribution is 8.00. The van der Waals surface area contributed by atoms with Crippen molar-refractivity contribution >= 4 is 29.2 Å². The highest BCUT2D eigenvalue weighted by Crippen LogP contribution is 2.46. The van der Waals surface area contributed by atoms with Gasteiger partial charge in [-0.2, -0.15) is 11.8 Å². The molecule has 0 atom stereocenters. The Morgan fingerprint density at radius 3 is 2.81 bits per heavy atom. The first-order valence-corrected chi connectivity index (χ1v) is 7.10. The van der Waals surface area contributed by atoms with Crippen LogP contribution in [0.2, 0.25) is 5.15 Å². The van der Waals surface area contributed by atoms with E-state index in [1.807, 2.05) is 18.7 Å². The van der Waals surface area contributed by atoms with Gasteiger partial charge in [-0.05, 0) is 19.1 Å². The summed E-state index contributed by atoms with van der Waals surface area (Å²) in [7, 11) is 0. The molecule has 0 radical (unpaired) electrons. The molecule has 0 unspecified atom stereocenters. The Bertz CT molecular complexity index is 379. The molecular weight excluding hydrogens is 242 g/mol. The van der Waals surface area contributed by atoms with E-state index in [1.165, 1.54) is 12.8 Å². The monoisotopic (exact) mass is 257 g/mol. The molecule has 1 aromatic rings. The minimum Gasteiger partial charge on any atom is -0.369 e. The van der Waals surface area contributed by atoms with Gasteiger partial charge in [-0.1, -0.05) is 18.5 Å². The summed E-state index contributed by atoms with van der Waals surface area (Å²) in [6.07, 6.45) is 5.56. The number of halogens is 1. The molecule has 0 spiro atoms. The molecule has 0 aliphatic heterocycles. The number of aryl methyl sites for hydroxylation is 1. The van der Waals surface area contributed by atoms with Crippen LogP contribution in [0.15, 0.2) is 6.07 Å². The van der Waals surface area contributed by atoms with Crippen LogP contribution >= 0.6 is 23.4 Å². The molecule has 2 rings (SSSR count). The fraction of sp³-hybridized carbons (Fsp3) is 0.636. The van der Waals surface area contributed by atoms with Crippen molar-refractivity contribution in [3.8, 4) is 0 Å². The third-order valence-corrected chi connectivity index (χ3v) is 4.50. The first-order valence-electron chi connectivity index (χ1n) is 5.50. The van der Waals surface area contributed by atoms with Crippen molar-refractivity contribution in [1.82, 2.24) is 9.97 Å². The average molecular weight is 258 g/mol. The maximum Gasteiger partial charge on any atom is 0.134 e. The Balaban J connectivity index is 2.01. The number of aromatic nitrogens is 2.